The molecule has 28 heavy (non-hydrogen) atoms. The number of aromatic nitrogens is 3. The number of hydrogen-bond donors (Lipinski definition) is 1. The zero-order valence-corrected chi connectivity index (χ0v) is 17.4. The van der Waals surface area contributed by atoms with Gasteiger partial charge in [0, 0.05) is 23.9 Å². The SMILES string of the molecule is CC(=O)c1ccc(NC(=O)CSc2nnc(-c3ccc(Cl)c(Cl)c3)n2C)cc1. The van der Waals surface area contributed by atoms with E-state index in [0.29, 0.717) is 32.3 Å². The van der Waals surface area contributed by atoms with Crippen LogP contribution in [0.15, 0.2) is 47.6 Å². The Balaban J connectivity index is 1.63. The summed E-state index contributed by atoms with van der Waals surface area (Å²) in [6.07, 6.45) is 0. The summed E-state index contributed by atoms with van der Waals surface area (Å²) in [5.41, 5.74) is 2.01. The van der Waals surface area contributed by atoms with Crippen LogP contribution in [0, 0.1) is 0 Å². The van der Waals surface area contributed by atoms with Gasteiger partial charge in [-0.1, -0.05) is 35.0 Å². The van der Waals surface area contributed by atoms with Crippen molar-refractivity contribution in [2.75, 3.05) is 11.1 Å². The molecule has 0 fully saturated rings. The third-order valence-corrected chi connectivity index (χ3v) is 5.68. The van der Waals surface area contributed by atoms with Crippen molar-refractivity contribution in [3.8, 4) is 11.4 Å². The smallest absolute Gasteiger partial charge is 0.234 e. The molecule has 0 unspecified atom stereocenters. The fourth-order valence-corrected chi connectivity index (χ4v) is 3.45. The maximum atomic E-state index is 12.2. The molecule has 0 saturated heterocycles. The average molecular weight is 435 g/mol. The molecule has 1 N–H and O–H groups in total. The molecule has 0 saturated carbocycles. The highest BCUT2D eigenvalue weighted by atomic mass is 35.5. The number of Topliss-reactive ketones (excluding diaryl/α,β-unsaturated/α-hetero) is 1. The molecule has 0 aliphatic heterocycles. The molecule has 1 aromatic heterocycles. The van der Waals surface area contributed by atoms with E-state index in [1.54, 1.807) is 41.0 Å². The van der Waals surface area contributed by atoms with Gasteiger partial charge < -0.3 is 9.88 Å². The van der Waals surface area contributed by atoms with E-state index >= 15 is 0 Å². The number of rotatable bonds is 6. The summed E-state index contributed by atoms with van der Waals surface area (Å²) in [7, 11) is 1.82. The summed E-state index contributed by atoms with van der Waals surface area (Å²) in [5, 5.41) is 12.6. The fourth-order valence-electron chi connectivity index (χ4n) is 2.44. The van der Waals surface area contributed by atoms with Crippen molar-refractivity contribution < 1.29 is 9.59 Å². The van der Waals surface area contributed by atoms with Crippen molar-refractivity contribution in [3.63, 3.8) is 0 Å². The standard InChI is InChI=1S/C19H16Cl2N4O2S/c1-11(26)12-3-6-14(7-4-12)22-17(27)10-28-19-24-23-18(25(19)2)13-5-8-15(20)16(21)9-13/h3-9H,10H2,1-2H3,(H,22,27). The number of hydrogen-bond acceptors (Lipinski definition) is 5. The van der Waals surface area contributed by atoms with E-state index in [2.05, 4.69) is 15.5 Å². The monoisotopic (exact) mass is 434 g/mol. The summed E-state index contributed by atoms with van der Waals surface area (Å²) in [6, 6.07) is 12.0. The van der Waals surface area contributed by atoms with Gasteiger partial charge in [0.1, 0.15) is 0 Å². The van der Waals surface area contributed by atoms with Crippen LogP contribution in [-0.4, -0.2) is 32.2 Å². The maximum absolute atomic E-state index is 12.2. The third kappa shape index (κ3) is 4.73. The number of nitrogens with zero attached hydrogens (tertiary/aromatic N) is 3. The second-order valence-electron chi connectivity index (χ2n) is 5.96. The Hall–Kier alpha value is -2.35. The number of nitrogens with one attached hydrogen (secondary N) is 1. The number of carbonyl (C=O) groups is 2. The summed E-state index contributed by atoms with van der Waals surface area (Å²) in [4.78, 5) is 23.5. The fraction of sp³-hybridized carbons (Fsp3) is 0.158. The lowest BCUT2D eigenvalue weighted by Crippen LogP contribution is -2.14. The lowest BCUT2D eigenvalue weighted by molar-refractivity contribution is -0.113. The van der Waals surface area contributed by atoms with Crippen molar-refractivity contribution in [3.05, 3.63) is 58.1 Å². The van der Waals surface area contributed by atoms with Crippen LogP contribution in [0.5, 0.6) is 0 Å². The highest BCUT2D eigenvalue weighted by Gasteiger charge is 2.14. The lowest BCUT2D eigenvalue weighted by Gasteiger charge is -2.06. The van der Waals surface area contributed by atoms with Crippen LogP contribution in [0.25, 0.3) is 11.4 Å². The van der Waals surface area contributed by atoms with Crippen LogP contribution in [-0.2, 0) is 11.8 Å². The average Bonchev–Trinajstić information content (AvgIpc) is 3.03. The molecular weight excluding hydrogens is 419 g/mol. The predicted octanol–water partition coefficient (Wildman–Crippen LogP) is 4.72. The highest BCUT2D eigenvalue weighted by molar-refractivity contribution is 7.99. The second-order valence-corrected chi connectivity index (χ2v) is 7.72. The second kappa shape index (κ2) is 8.77. The maximum Gasteiger partial charge on any atom is 0.234 e. The van der Waals surface area contributed by atoms with Crippen LogP contribution in [0.3, 0.4) is 0 Å². The Morgan fingerprint density at radius 1 is 1.07 bits per heavy atom. The van der Waals surface area contributed by atoms with Gasteiger partial charge in [0.05, 0.1) is 15.8 Å². The first-order valence-corrected chi connectivity index (χ1v) is 9.98. The molecule has 3 aromatic rings. The first-order valence-electron chi connectivity index (χ1n) is 8.23. The molecule has 9 heteroatoms. The van der Waals surface area contributed by atoms with Gasteiger partial charge in [-0.25, -0.2) is 0 Å². The van der Waals surface area contributed by atoms with Gasteiger partial charge in [-0.15, -0.1) is 10.2 Å². The molecule has 0 bridgehead atoms. The van der Waals surface area contributed by atoms with E-state index in [0.717, 1.165) is 5.56 Å². The topological polar surface area (TPSA) is 76.9 Å². The van der Waals surface area contributed by atoms with Gasteiger partial charge in [-0.2, -0.15) is 0 Å². The van der Waals surface area contributed by atoms with Crippen LogP contribution >= 0.6 is 35.0 Å². The molecule has 0 aliphatic rings. The zero-order valence-electron chi connectivity index (χ0n) is 15.1. The Morgan fingerprint density at radius 3 is 2.43 bits per heavy atom. The van der Waals surface area contributed by atoms with Gasteiger partial charge in [-0.05, 0) is 49.4 Å². The summed E-state index contributed by atoms with van der Waals surface area (Å²) >= 11 is 13.3. The highest BCUT2D eigenvalue weighted by Crippen LogP contribution is 2.29. The molecular formula is C19H16Cl2N4O2S. The van der Waals surface area contributed by atoms with Crippen LogP contribution < -0.4 is 5.32 Å². The molecule has 3 rings (SSSR count). The molecule has 1 heterocycles. The Labute approximate surface area is 176 Å². The van der Waals surface area contributed by atoms with E-state index in [-0.39, 0.29) is 17.4 Å². The summed E-state index contributed by atoms with van der Waals surface area (Å²) < 4.78 is 1.79. The Kier molecular flexibility index (Phi) is 6.39. The summed E-state index contributed by atoms with van der Waals surface area (Å²) in [5.74, 6) is 0.594. The molecule has 0 spiro atoms. The number of ketones is 1. The van der Waals surface area contributed by atoms with Crippen molar-refractivity contribution in [1.29, 1.82) is 0 Å². The summed E-state index contributed by atoms with van der Waals surface area (Å²) in [6.45, 7) is 1.50. The largest absolute Gasteiger partial charge is 0.325 e. The van der Waals surface area contributed by atoms with E-state index in [1.807, 2.05) is 13.1 Å². The molecule has 0 atom stereocenters. The van der Waals surface area contributed by atoms with Gasteiger partial charge in [0.25, 0.3) is 0 Å². The minimum Gasteiger partial charge on any atom is -0.325 e. The normalized spacial score (nSPS) is 10.7. The zero-order chi connectivity index (χ0) is 20.3. The number of amides is 1. The molecule has 6 nitrogen and oxygen atoms in total. The first kappa shape index (κ1) is 20.4. The Morgan fingerprint density at radius 2 is 1.79 bits per heavy atom. The number of benzene rings is 2. The number of carbonyl (C=O) groups excluding carboxylic acids is 2. The number of halogens is 2. The van der Waals surface area contributed by atoms with Gasteiger partial charge >= 0.3 is 0 Å². The van der Waals surface area contributed by atoms with Crippen molar-refractivity contribution >= 4 is 52.3 Å². The minimum atomic E-state index is -0.181. The van der Waals surface area contributed by atoms with Crippen molar-refractivity contribution in [1.82, 2.24) is 14.8 Å². The Bertz CT molecular complexity index is 1030. The van der Waals surface area contributed by atoms with E-state index in [4.69, 9.17) is 23.2 Å². The molecule has 0 aliphatic carbocycles. The van der Waals surface area contributed by atoms with E-state index in [1.165, 1.54) is 18.7 Å². The first-order chi connectivity index (χ1) is 13.3. The molecule has 144 valence electrons. The molecule has 0 radical (unpaired) electrons. The minimum absolute atomic E-state index is 0.0199. The van der Waals surface area contributed by atoms with Crippen LogP contribution in [0.2, 0.25) is 10.0 Å². The van der Waals surface area contributed by atoms with Crippen LogP contribution in [0.4, 0.5) is 5.69 Å². The number of anilines is 1. The van der Waals surface area contributed by atoms with E-state index < -0.39 is 0 Å². The van der Waals surface area contributed by atoms with Gasteiger partial charge in [-0.3, -0.25) is 9.59 Å². The van der Waals surface area contributed by atoms with Crippen molar-refractivity contribution in [2.24, 2.45) is 7.05 Å². The van der Waals surface area contributed by atoms with E-state index in [9.17, 15) is 9.59 Å². The van der Waals surface area contributed by atoms with Crippen molar-refractivity contribution in [2.45, 2.75) is 12.1 Å². The van der Waals surface area contributed by atoms with Crippen LogP contribution in [0.1, 0.15) is 17.3 Å². The molecule has 2 aromatic carbocycles. The van der Waals surface area contributed by atoms with Gasteiger partial charge in [0.2, 0.25) is 5.91 Å². The number of thioether (sulfide) groups is 1. The molecule has 1 amide bonds. The quantitative estimate of drug-likeness (QED) is 0.448. The third-order valence-electron chi connectivity index (χ3n) is 3.92. The predicted molar refractivity (Wildman–Crippen MR) is 112 cm³/mol. The lowest BCUT2D eigenvalue weighted by atomic mass is 10.1. The van der Waals surface area contributed by atoms with Gasteiger partial charge in [0.15, 0.2) is 16.8 Å².